The second kappa shape index (κ2) is 10.8. The van der Waals surface area contributed by atoms with E-state index in [1.807, 2.05) is 50.1 Å². The van der Waals surface area contributed by atoms with Gasteiger partial charge in [-0.2, -0.15) is 0 Å². The van der Waals surface area contributed by atoms with E-state index in [1.165, 1.54) is 16.5 Å². The number of nitrogens with zero attached hydrogens (tertiary/aromatic N) is 2. The van der Waals surface area contributed by atoms with Crippen LogP contribution in [0.15, 0.2) is 36.7 Å². The highest BCUT2D eigenvalue weighted by atomic mass is 32.2. The van der Waals surface area contributed by atoms with Crippen LogP contribution in [0.4, 0.5) is 5.69 Å². The van der Waals surface area contributed by atoms with Crippen LogP contribution >= 0.6 is 23.9 Å². The molecule has 0 N–H and O–H groups in total. The summed E-state index contributed by atoms with van der Waals surface area (Å²) in [5.74, 6) is 3.64. The van der Waals surface area contributed by atoms with E-state index in [0.717, 1.165) is 11.5 Å². The van der Waals surface area contributed by atoms with Gasteiger partial charge in [-0.15, -0.1) is 0 Å². The first-order valence-corrected chi connectivity index (χ1v) is 10.3. The number of fused-ring (bicyclic) bond motifs is 1. The fourth-order valence-electron chi connectivity index (χ4n) is 1.87. The Labute approximate surface area is 150 Å². The van der Waals surface area contributed by atoms with Gasteiger partial charge in [0.1, 0.15) is 0 Å². The van der Waals surface area contributed by atoms with Crippen molar-refractivity contribution in [1.82, 2.24) is 4.98 Å². The van der Waals surface area contributed by atoms with E-state index in [2.05, 4.69) is 60.7 Å². The van der Waals surface area contributed by atoms with Gasteiger partial charge in [0.25, 0.3) is 0 Å². The molecule has 0 saturated carbocycles. The van der Waals surface area contributed by atoms with Crippen molar-refractivity contribution >= 4 is 40.4 Å². The van der Waals surface area contributed by atoms with Crippen LogP contribution < -0.4 is 3.71 Å². The van der Waals surface area contributed by atoms with Gasteiger partial charge in [0, 0.05) is 34.7 Å². The first kappa shape index (κ1) is 20.2. The highest BCUT2D eigenvalue weighted by molar-refractivity contribution is 8.18. The molecule has 0 saturated heterocycles. The zero-order valence-corrected chi connectivity index (χ0v) is 16.9. The lowest BCUT2D eigenvalue weighted by Crippen LogP contribution is -2.10. The Hall–Kier alpha value is -0.870. The molecule has 0 bridgehead atoms. The highest BCUT2D eigenvalue weighted by Gasteiger charge is 2.13. The Morgan fingerprint density at radius 3 is 2.13 bits per heavy atom. The van der Waals surface area contributed by atoms with Crippen LogP contribution in [0.5, 0.6) is 0 Å². The summed E-state index contributed by atoms with van der Waals surface area (Å²) in [6.45, 7) is 13.1. The molecule has 1 heterocycles. The molecular weight excluding hydrogens is 320 g/mol. The Morgan fingerprint density at radius 1 is 0.957 bits per heavy atom. The van der Waals surface area contributed by atoms with E-state index >= 15 is 0 Å². The summed E-state index contributed by atoms with van der Waals surface area (Å²) >= 11 is 3.83. The highest BCUT2D eigenvalue weighted by Crippen LogP contribution is 2.37. The maximum Gasteiger partial charge on any atom is 0.0673 e. The molecule has 1 aromatic carbocycles. The summed E-state index contributed by atoms with van der Waals surface area (Å²) in [5.41, 5.74) is 1.28. The van der Waals surface area contributed by atoms with E-state index in [4.69, 9.17) is 0 Å². The third-order valence-electron chi connectivity index (χ3n) is 2.90. The number of anilines is 1. The number of rotatable bonds is 7. The number of aromatic nitrogens is 1. The van der Waals surface area contributed by atoms with Crippen molar-refractivity contribution in [3.05, 3.63) is 36.7 Å². The van der Waals surface area contributed by atoms with Gasteiger partial charge in [0.15, 0.2) is 0 Å². The van der Waals surface area contributed by atoms with Crippen LogP contribution in [0.1, 0.15) is 41.5 Å². The van der Waals surface area contributed by atoms with E-state index in [0.29, 0.717) is 11.8 Å². The standard InChI is InChI=1S/C17H24N2S2.C2H6/c1-13(2)11-20-19(21-12-14(3)4)17-7-5-6-15-10-18-9-8-16(15)17;1-2/h5-10,13-14H,11-12H2,1-4H3;1-2H3. The topological polar surface area (TPSA) is 16.1 Å². The minimum absolute atomic E-state index is 0.689. The van der Waals surface area contributed by atoms with Crippen molar-refractivity contribution < 1.29 is 0 Å². The molecule has 0 aliphatic rings. The fourth-order valence-corrected chi connectivity index (χ4v) is 4.00. The molecule has 0 aliphatic carbocycles. The summed E-state index contributed by atoms with van der Waals surface area (Å²) < 4.78 is 2.39. The third-order valence-corrected chi connectivity index (χ3v) is 6.03. The zero-order valence-electron chi connectivity index (χ0n) is 15.2. The van der Waals surface area contributed by atoms with Crippen molar-refractivity contribution in [2.45, 2.75) is 41.5 Å². The minimum Gasteiger partial charge on any atom is -0.264 e. The Balaban J connectivity index is 0.00000127. The van der Waals surface area contributed by atoms with E-state index in [1.54, 1.807) is 0 Å². The molecular formula is C19H30N2S2. The normalized spacial score (nSPS) is 10.8. The van der Waals surface area contributed by atoms with Crippen molar-refractivity contribution in [2.75, 3.05) is 15.2 Å². The van der Waals surface area contributed by atoms with Gasteiger partial charge < -0.3 is 0 Å². The lowest BCUT2D eigenvalue weighted by Gasteiger charge is -2.25. The van der Waals surface area contributed by atoms with Crippen LogP contribution in [0, 0.1) is 11.8 Å². The average Bonchev–Trinajstić information content (AvgIpc) is 2.56. The maximum atomic E-state index is 4.23. The fraction of sp³-hybridized carbons (Fsp3) is 0.526. The number of hydrogen-bond donors (Lipinski definition) is 0. The number of hydrogen-bond acceptors (Lipinski definition) is 4. The molecule has 0 amide bonds. The largest absolute Gasteiger partial charge is 0.264 e. The molecule has 2 nitrogen and oxygen atoms in total. The average molecular weight is 351 g/mol. The number of pyridine rings is 1. The van der Waals surface area contributed by atoms with Crippen LogP contribution in [-0.2, 0) is 0 Å². The van der Waals surface area contributed by atoms with Crippen LogP contribution in [0.25, 0.3) is 10.8 Å². The van der Waals surface area contributed by atoms with Gasteiger partial charge in [-0.05, 0) is 47.9 Å². The summed E-state index contributed by atoms with van der Waals surface area (Å²) in [5, 5.41) is 2.48. The molecule has 128 valence electrons. The quantitative estimate of drug-likeness (QED) is 0.518. The molecule has 0 atom stereocenters. The van der Waals surface area contributed by atoms with Gasteiger partial charge >= 0.3 is 0 Å². The third kappa shape index (κ3) is 6.64. The smallest absolute Gasteiger partial charge is 0.0673 e. The molecule has 23 heavy (non-hydrogen) atoms. The maximum absolute atomic E-state index is 4.23. The second-order valence-electron chi connectivity index (χ2n) is 6.01. The monoisotopic (exact) mass is 350 g/mol. The Kier molecular flexibility index (Phi) is 9.49. The van der Waals surface area contributed by atoms with Crippen molar-refractivity contribution in [3.8, 4) is 0 Å². The van der Waals surface area contributed by atoms with Crippen LogP contribution in [0.2, 0.25) is 0 Å². The molecule has 2 aromatic rings. The molecule has 0 spiro atoms. The molecule has 0 fully saturated rings. The zero-order chi connectivity index (χ0) is 17.2. The van der Waals surface area contributed by atoms with Gasteiger partial charge in [0.05, 0.1) is 5.69 Å². The minimum atomic E-state index is 0.689. The first-order valence-electron chi connectivity index (χ1n) is 8.46. The predicted octanol–water partition coefficient (Wildman–Crippen LogP) is 6.68. The van der Waals surface area contributed by atoms with Crippen molar-refractivity contribution in [2.24, 2.45) is 11.8 Å². The summed E-state index contributed by atoms with van der Waals surface area (Å²) in [7, 11) is 0. The van der Waals surface area contributed by atoms with E-state index in [-0.39, 0.29) is 0 Å². The summed E-state index contributed by atoms with van der Waals surface area (Å²) in [6.07, 6.45) is 3.82. The Bertz CT molecular complexity index is 553. The second-order valence-corrected chi connectivity index (χ2v) is 8.15. The van der Waals surface area contributed by atoms with Gasteiger partial charge in [-0.25, -0.2) is 0 Å². The van der Waals surface area contributed by atoms with Gasteiger partial charge in [-0.3, -0.25) is 8.69 Å². The first-order chi connectivity index (χ1) is 11.1. The molecule has 0 radical (unpaired) electrons. The number of benzene rings is 1. The van der Waals surface area contributed by atoms with Crippen molar-refractivity contribution in [3.63, 3.8) is 0 Å². The molecule has 0 unspecified atom stereocenters. The van der Waals surface area contributed by atoms with E-state index < -0.39 is 0 Å². The lowest BCUT2D eigenvalue weighted by atomic mass is 10.1. The molecule has 0 aliphatic heterocycles. The lowest BCUT2D eigenvalue weighted by molar-refractivity contribution is 0.748. The molecule has 1 aromatic heterocycles. The van der Waals surface area contributed by atoms with Gasteiger partial charge in [0.2, 0.25) is 0 Å². The molecule has 4 heteroatoms. The predicted molar refractivity (Wildman–Crippen MR) is 110 cm³/mol. The summed E-state index contributed by atoms with van der Waals surface area (Å²) in [6, 6.07) is 8.58. The SMILES string of the molecule is CC.CC(C)CSN(SCC(C)C)c1cccc2cnccc12. The Morgan fingerprint density at radius 2 is 1.57 bits per heavy atom. The van der Waals surface area contributed by atoms with Crippen LogP contribution in [0.3, 0.4) is 0 Å². The molecule has 2 rings (SSSR count). The van der Waals surface area contributed by atoms with Crippen molar-refractivity contribution in [1.29, 1.82) is 0 Å². The van der Waals surface area contributed by atoms with E-state index in [9.17, 15) is 0 Å². The van der Waals surface area contributed by atoms with Crippen LogP contribution in [-0.4, -0.2) is 16.5 Å². The summed E-state index contributed by atoms with van der Waals surface area (Å²) in [4.78, 5) is 4.23. The van der Waals surface area contributed by atoms with Gasteiger partial charge in [-0.1, -0.05) is 53.7 Å².